The monoisotopic (exact) mass is 247 g/mol. The third kappa shape index (κ3) is 2.05. The Morgan fingerprint density at radius 3 is 2.44 bits per heavy atom. The maximum Gasteiger partial charge on any atom is 0.0138 e. The third-order valence-electron chi connectivity index (χ3n) is 5.92. The van der Waals surface area contributed by atoms with Gasteiger partial charge in [0.05, 0.1) is 0 Å². The van der Waals surface area contributed by atoms with Gasteiger partial charge in [0.2, 0.25) is 0 Å². The molecule has 5 atom stereocenters. The Bertz CT molecular complexity index is 306. The van der Waals surface area contributed by atoms with E-state index in [9.17, 15) is 0 Å². The van der Waals surface area contributed by atoms with Gasteiger partial charge < -0.3 is 5.32 Å². The highest BCUT2D eigenvalue weighted by molar-refractivity contribution is 5.17. The average Bonchev–Trinajstić information content (AvgIpc) is 2.81. The Morgan fingerprint density at radius 2 is 1.89 bits per heavy atom. The van der Waals surface area contributed by atoms with Gasteiger partial charge in [0.15, 0.2) is 0 Å². The summed E-state index contributed by atoms with van der Waals surface area (Å²) in [6.45, 7) is 9.95. The van der Waals surface area contributed by atoms with Gasteiger partial charge in [-0.3, -0.25) is 0 Å². The van der Waals surface area contributed by atoms with E-state index in [0.29, 0.717) is 0 Å². The average molecular weight is 247 g/mol. The van der Waals surface area contributed by atoms with Crippen molar-refractivity contribution >= 4 is 0 Å². The molecular formula is C17H29N. The minimum Gasteiger partial charge on any atom is -0.313 e. The molecular weight excluding hydrogens is 218 g/mol. The summed E-state index contributed by atoms with van der Waals surface area (Å²) in [5.74, 6) is 5.41. The quantitative estimate of drug-likeness (QED) is 0.670. The standard InChI is InChI=1S/C17H29N/c1-4-8-18-14(9-11(3)5-2)17-15-12-6-7-13(10-12)16(15)17/h12-18H,3-10H2,1-2H3. The van der Waals surface area contributed by atoms with Crippen LogP contribution in [0.3, 0.4) is 0 Å². The molecule has 0 radical (unpaired) electrons. The molecule has 3 rings (SSSR count). The first-order valence-corrected chi connectivity index (χ1v) is 8.16. The first-order chi connectivity index (χ1) is 8.76. The number of rotatable bonds is 7. The van der Waals surface area contributed by atoms with Crippen LogP contribution in [0.15, 0.2) is 12.2 Å². The smallest absolute Gasteiger partial charge is 0.0138 e. The van der Waals surface area contributed by atoms with Crippen molar-refractivity contribution in [2.24, 2.45) is 29.6 Å². The fourth-order valence-corrected chi connectivity index (χ4v) is 5.06. The van der Waals surface area contributed by atoms with Crippen LogP contribution in [0.25, 0.3) is 0 Å². The molecule has 3 saturated carbocycles. The lowest BCUT2D eigenvalue weighted by molar-refractivity contribution is 0.359. The van der Waals surface area contributed by atoms with Crippen LogP contribution in [-0.2, 0) is 0 Å². The molecule has 102 valence electrons. The summed E-state index contributed by atoms with van der Waals surface area (Å²) < 4.78 is 0. The van der Waals surface area contributed by atoms with E-state index in [-0.39, 0.29) is 0 Å². The summed E-state index contributed by atoms with van der Waals surface area (Å²) in [5.41, 5.74) is 1.45. The second-order valence-electron chi connectivity index (χ2n) is 6.93. The third-order valence-corrected chi connectivity index (χ3v) is 5.92. The van der Waals surface area contributed by atoms with Gasteiger partial charge in [0.1, 0.15) is 0 Å². The molecule has 5 unspecified atom stereocenters. The highest BCUT2D eigenvalue weighted by Gasteiger charge is 2.66. The molecule has 3 fully saturated rings. The van der Waals surface area contributed by atoms with Crippen molar-refractivity contribution in [2.75, 3.05) is 6.54 Å². The minimum absolute atomic E-state index is 0.746. The van der Waals surface area contributed by atoms with E-state index in [1.54, 1.807) is 6.42 Å². The molecule has 2 bridgehead atoms. The number of nitrogens with one attached hydrogen (secondary N) is 1. The molecule has 0 heterocycles. The maximum absolute atomic E-state index is 4.24. The van der Waals surface area contributed by atoms with Gasteiger partial charge in [0, 0.05) is 6.04 Å². The normalized spacial score (nSPS) is 41.8. The van der Waals surface area contributed by atoms with E-state index in [4.69, 9.17) is 0 Å². The van der Waals surface area contributed by atoms with Crippen LogP contribution in [-0.4, -0.2) is 12.6 Å². The van der Waals surface area contributed by atoms with Gasteiger partial charge in [-0.25, -0.2) is 0 Å². The second kappa shape index (κ2) is 5.00. The van der Waals surface area contributed by atoms with Crippen LogP contribution in [0.4, 0.5) is 0 Å². The Balaban J connectivity index is 1.62. The molecule has 0 saturated heterocycles. The Kier molecular flexibility index (Phi) is 3.53. The van der Waals surface area contributed by atoms with Gasteiger partial charge >= 0.3 is 0 Å². The van der Waals surface area contributed by atoms with Crippen molar-refractivity contribution in [1.82, 2.24) is 5.32 Å². The summed E-state index contributed by atoms with van der Waals surface area (Å²) in [4.78, 5) is 0. The van der Waals surface area contributed by atoms with Gasteiger partial charge in [-0.15, -0.1) is 0 Å². The lowest BCUT2D eigenvalue weighted by Gasteiger charge is -2.22. The first kappa shape index (κ1) is 12.7. The Hall–Kier alpha value is -0.300. The Morgan fingerprint density at radius 1 is 1.22 bits per heavy atom. The molecule has 0 aliphatic heterocycles. The summed E-state index contributed by atoms with van der Waals surface area (Å²) in [5, 5.41) is 3.83. The number of hydrogen-bond donors (Lipinski definition) is 1. The zero-order valence-corrected chi connectivity index (χ0v) is 12.1. The lowest BCUT2D eigenvalue weighted by Crippen LogP contribution is -2.34. The molecule has 3 aliphatic carbocycles. The fraction of sp³-hybridized carbons (Fsp3) is 0.882. The van der Waals surface area contributed by atoms with E-state index < -0.39 is 0 Å². The van der Waals surface area contributed by atoms with Crippen molar-refractivity contribution in [3.05, 3.63) is 12.2 Å². The molecule has 3 aliphatic rings. The van der Waals surface area contributed by atoms with E-state index in [2.05, 4.69) is 25.7 Å². The SMILES string of the molecule is C=C(CC)CC(NCCC)C1C2C3CCC(C3)C21. The van der Waals surface area contributed by atoms with Crippen molar-refractivity contribution in [2.45, 2.75) is 58.4 Å². The van der Waals surface area contributed by atoms with Crippen LogP contribution in [0.2, 0.25) is 0 Å². The van der Waals surface area contributed by atoms with Crippen LogP contribution in [0.5, 0.6) is 0 Å². The van der Waals surface area contributed by atoms with Crippen LogP contribution in [0, 0.1) is 29.6 Å². The van der Waals surface area contributed by atoms with Crippen LogP contribution < -0.4 is 5.32 Å². The molecule has 0 spiro atoms. The molecule has 0 aromatic rings. The molecule has 1 N–H and O–H groups in total. The topological polar surface area (TPSA) is 12.0 Å². The number of fused-ring (bicyclic) bond motifs is 5. The van der Waals surface area contributed by atoms with Crippen molar-refractivity contribution in [1.29, 1.82) is 0 Å². The molecule has 1 nitrogen and oxygen atoms in total. The summed E-state index contributed by atoms with van der Waals surface area (Å²) in [6, 6.07) is 0.746. The summed E-state index contributed by atoms with van der Waals surface area (Å²) in [6.07, 6.45) is 8.28. The first-order valence-electron chi connectivity index (χ1n) is 8.16. The predicted octanol–water partition coefficient (Wildman–Crippen LogP) is 4.00. The lowest BCUT2D eigenvalue weighted by atomic mass is 9.93. The van der Waals surface area contributed by atoms with Crippen LogP contribution >= 0.6 is 0 Å². The largest absolute Gasteiger partial charge is 0.313 e. The van der Waals surface area contributed by atoms with Crippen molar-refractivity contribution in [3.8, 4) is 0 Å². The van der Waals surface area contributed by atoms with Crippen LogP contribution in [0.1, 0.15) is 52.4 Å². The maximum atomic E-state index is 4.24. The number of hydrogen-bond acceptors (Lipinski definition) is 1. The zero-order chi connectivity index (χ0) is 12.7. The van der Waals surface area contributed by atoms with E-state index in [0.717, 1.165) is 42.1 Å². The molecule has 0 amide bonds. The highest BCUT2D eigenvalue weighted by atomic mass is 14.9. The fourth-order valence-electron chi connectivity index (χ4n) is 5.06. The molecule has 1 heteroatoms. The van der Waals surface area contributed by atoms with Gasteiger partial charge in [-0.1, -0.05) is 26.0 Å². The van der Waals surface area contributed by atoms with Gasteiger partial charge in [-0.2, -0.15) is 0 Å². The molecule has 0 aromatic carbocycles. The van der Waals surface area contributed by atoms with Gasteiger partial charge in [-0.05, 0) is 74.7 Å². The van der Waals surface area contributed by atoms with Crippen molar-refractivity contribution < 1.29 is 0 Å². The summed E-state index contributed by atoms with van der Waals surface area (Å²) >= 11 is 0. The van der Waals surface area contributed by atoms with E-state index in [1.807, 2.05) is 0 Å². The van der Waals surface area contributed by atoms with E-state index in [1.165, 1.54) is 37.8 Å². The summed E-state index contributed by atoms with van der Waals surface area (Å²) in [7, 11) is 0. The van der Waals surface area contributed by atoms with E-state index >= 15 is 0 Å². The molecule has 18 heavy (non-hydrogen) atoms. The predicted molar refractivity (Wildman–Crippen MR) is 77.4 cm³/mol. The Labute approximate surface area is 112 Å². The molecule has 0 aromatic heterocycles. The second-order valence-corrected chi connectivity index (χ2v) is 6.93. The zero-order valence-electron chi connectivity index (χ0n) is 12.1. The van der Waals surface area contributed by atoms with Gasteiger partial charge in [0.25, 0.3) is 0 Å². The van der Waals surface area contributed by atoms with Crippen molar-refractivity contribution in [3.63, 3.8) is 0 Å². The highest BCUT2D eigenvalue weighted by Crippen LogP contribution is 2.70. The minimum atomic E-state index is 0.746.